The van der Waals surface area contributed by atoms with Gasteiger partial charge in [0.2, 0.25) is 0 Å². The van der Waals surface area contributed by atoms with E-state index in [0.717, 1.165) is 32.8 Å². The Labute approximate surface area is 111 Å². The third kappa shape index (κ3) is 3.65. The molecule has 0 unspecified atom stereocenters. The van der Waals surface area contributed by atoms with Gasteiger partial charge in [0.1, 0.15) is 5.82 Å². The van der Waals surface area contributed by atoms with Crippen LogP contribution in [-0.2, 0) is 4.74 Å². The standard InChI is InChI=1S/C13H18FN3O2/c14-11-3-1-2-10(12(11)15)13(18)16-4-5-17-6-8-19-9-7-17/h1-3H,4-9,15H2,(H,16,18). The predicted octanol–water partition coefficient (Wildman–Crippen LogP) is 0.470. The van der Waals surface area contributed by atoms with E-state index in [-0.39, 0.29) is 17.2 Å². The first-order chi connectivity index (χ1) is 9.18. The van der Waals surface area contributed by atoms with Gasteiger partial charge in [-0.3, -0.25) is 9.69 Å². The highest BCUT2D eigenvalue weighted by Crippen LogP contribution is 2.15. The summed E-state index contributed by atoms with van der Waals surface area (Å²) in [6.45, 7) is 4.46. The molecule has 2 rings (SSSR count). The van der Waals surface area contributed by atoms with Gasteiger partial charge in [-0.05, 0) is 12.1 Å². The number of para-hydroxylation sites is 1. The molecular weight excluding hydrogens is 249 g/mol. The van der Waals surface area contributed by atoms with Gasteiger partial charge in [0.25, 0.3) is 5.91 Å². The number of benzene rings is 1. The van der Waals surface area contributed by atoms with Crippen LogP contribution in [0.1, 0.15) is 10.4 Å². The number of nitrogens with zero attached hydrogens (tertiary/aromatic N) is 1. The minimum Gasteiger partial charge on any atom is -0.396 e. The molecule has 0 bridgehead atoms. The molecule has 6 heteroatoms. The minimum absolute atomic E-state index is 0.105. The van der Waals surface area contributed by atoms with Crippen molar-refractivity contribution < 1.29 is 13.9 Å². The Bertz CT molecular complexity index is 448. The van der Waals surface area contributed by atoms with Crippen LogP contribution < -0.4 is 11.1 Å². The number of rotatable bonds is 4. The lowest BCUT2D eigenvalue weighted by molar-refractivity contribution is 0.0383. The number of nitrogens with two attached hydrogens (primary N) is 1. The Morgan fingerprint density at radius 3 is 2.89 bits per heavy atom. The van der Waals surface area contributed by atoms with Crippen molar-refractivity contribution in [1.29, 1.82) is 0 Å². The van der Waals surface area contributed by atoms with Crippen LogP contribution in [0.5, 0.6) is 0 Å². The van der Waals surface area contributed by atoms with E-state index in [1.165, 1.54) is 18.2 Å². The van der Waals surface area contributed by atoms with Crippen molar-refractivity contribution in [2.45, 2.75) is 0 Å². The number of nitrogens with one attached hydrogen (secondary N) is 1. The number of hydrogen-bond acceptors (Lipinski definition) is 4. The fourth-order valence-electron chi connectivity index (χ4n) is 1.98. The molecule has 1 heterocycles. The van der Waals surface area contributed by atoms with Gasteiger partial charge in [-0.1, -0.05) is 6.07 Å². The first-order valence-corrected chi connectivity index (χ1v) is 6.31. The average Bonchev–Trinajstić information content (AvgIpc) is 2.43. The first kappa shape index (κ1) is 13.8. The maximum absolute atomic E-state index is 13.2. The lowest BCUT2D eigenvalue weighted by atomic mass is 10.1. The molecule has 104 valence electrons. The molecule has 0 spiro atoms. The molecule has 1 aliphatic heterocycles. The number of carbonyl (C=O) groups excluding carboxylic acids is 1. The van der Waals surface area contributed by atoms with E-state index in [0.29, 0.717) is 6.54 Å². The van der Waals surface area contributed by atoms with E-state index in [1.54, 1.807) is 0 Å². The van der Waals surface area contributed by atoms with Crippen LogP contribution in [0.2, 0.25) is 0 Å². The van der Waals surface area contributed by atoms with Crippen LogP contribution in [0.3, 0.4) is 0 Å². The highest BCUT2D eigenvalue weighted by Gasteiger charge is 2.13. The zero-order valence-corrected chi connectivity index (χ0v) is 10.7. The van der Waals surface area contributed by atoms with Gasteiger partial charge in [0.15, 0.2) is 0 Å². The first-order valence-electron chi connectivity index (χ1n) is 6.31. The highest BCUT2D eigenvalue weighted by molar-refractivity contribution is 5.99. The maximum atomic E-state index is 13.2. The topological polar surface area (TPSA) is 67.6 Å². The molecule has 1 aromatic carbocycles. The second-order valence-corrected chi connectivity index (χ2v) is 4.41. The molecule has 1 saturated heterocycles. The number of morpholine rings is 1. The van der Waals surface area contributed by atoms with Gasteiger partial charge >= 0.3 is 0 Å². The predicted molar refractivity (Wildman–Crippen MR) is 70.4 cm³/mol. The molecule has 0 aliphatic carbocycles. The van der Waals surface area contributed by atoms with Crippen LogP contribution in [0.15, 0.2) is 18.2 Å². The lowest BCUT2D eigenvalue weighted by Gasteiger charge is -2.26. The van der Waals surface area contributed by atoms with Gasteiger partial charge in [-0.2, -0.15) is 0 Å². The molecule has 1 aliphatic rings. The van der Waals surface area contributed by atoms with Gasteiger partial charge in [0.05, 0.1) is 24.5 Å². The summed E-state index contributed by atoms with van der Waals surface area (Å²) < 4.78 is 18.5. The van der Waals surface area contributed by atoms with E-state index < -0.39 is 5.82 Å². The summed E-state index contributed by atoms with van der Waals surface area (Å²) in [5, 5.41) is 2.75. The quantitative estimate of drug-likeness (QED) is 0.778. The van der Waals surface area contributed by atoms with E-state index in [9.17, 15) is 9.18 Å². The fraction of sp³-hybridized carbons (Fsp3) is 0.462. The van der Waals surface area contributed by atoms with Crippen molar-refractivity contribution in [3.63, 3.8) is 0 Å². The second-order valence-electron chi connectivity index (χ2n) is 4.41. The van der Waals surface area contributed by atoms with E-state index >= 15 is 0 Å². The molecule has 1 fully saturated rings. The van der Waals surface area contributed by atoms with Gasteiger partial charge in [-0.15, -0.1) is 0 Å². The summed E-state index contributed by atoms with van der Waals surface area (Å²) in [7, 11) is 0. The number of carbonyl (C=O) groups is 1. The average molecular weight is 267 g/mol. The largest absolute Gasteiger partial charge is 0.396 e. The summed E-state index contributed by atoms with van der Waals surface area (Å²) in [4.78, 5) is 14.1. The molecule has 0 saturated carbocycles. The number of hydrogen-bond donors (Lipinski definition) is 2. The minimum atomic E-state index is -0.569. The molecule has 1 aromatic rings. The van der Waals surface area contributed by atoms with Crippen molar-refractivity contribution in [2.24, 2.45) is 0 Å². The molecule has 0 aromatic heterocycles. The van der Waals surface area contributed by atoms with Gasteiger partial charge in [-0.25, -0.2) is 4.39 Å². The SMILES string of the molecule is Nc1c(F)cccc1C(=O)NCCN1CCOCC1. The smallest absolute Gasteiger partial charge is 0.253 e. The summed E-state index contributed by atoms with van der Waals surface area (Å²) >= 11 is 0. The second kappa shape index (κ2) is 6.49. The summed E-state index contributed by atoms with van der Waals surface area (Å²) in [6, 6.07) is 4.23. The maximum Gasteiger partial charge on any atom is 0.253 e. The van der Waals surface area contributed by atoms with E-state index in [4.69, 9.17) is 10.5 Å². The Morgan fingerprint density at radius 2 is 2.16 bits per heavy atom. The highest BCUT2D eigenvalue weighted by atomic mass is 19.1. The van der Waals surface area contributed by atoms with Gasteiger partial charge < -0.3 is 15.8 Å². The third-order valence-electron chi connectivity index (χ3n) is 3.11. The molecular formula is C13H18FN3O2. The molecule has 1 amide bonds. The van der Waals surface area contributed by atoms with E-state index in [1.807, 2.05) is 0 Å². The Hall–Kier alpha value is -1.66. The molecule has 19 heavy (non-hydrogen) atoms. The molecule has 0 atom stereocenters. The number of ether oxygens (including phenoxy) is 1. The van der Waals surface area contributed by atoms with Crippen LogP contribution in [-0.4, -0.2) is 50.2 Å². The lowest BCUT2D eigenvalue weighted by Crippen LogP contribution is -2.41. The van der Waals surface area contributed by atoms with Crippen LogP contribution in [0.4, 0.5) is 10.1 Å². The van der Waals surface area contributed by atoms with Gasteiger partial charge in [0, 0.05) is 26.2 Å². The van der Waals surface area contributed by atoms with Crippen molar-refractivity contribution in [3.05, 3.63) is 29.6 Å². The number of halogens is 1. The molecule has 0 radical (unpaired) electrons. The Kier molecular flexibility index (Phi) is 4.70. The monoisotopic (exact) mass is 267 g/mol. The summed E-state index contributed by atoms with van der Waals surface area (Å²) in [5.41, 5.74) is 5.61. The Balaban J connectivity index is 1.82. The molecule has 5 nitrogen and oxygen atoms in total. The van der Waals surface area contributed by atoms with E-state index in [2.05, 4.69) is 10.2 Å². The molecule has 3 N–H and O–H groups in total. The normalized spacial score (nSPS) is 16.3. The van der Waals surface area contributed by atoms with Crippen molar-refractivity contribution in [2.75, 3.05) is 45.1 Å². The number of amides is 1. The number of nitrogen functional groups attached to an aromatic ring is 1. The zero-order valence-electron chi connectivity index (χ0n) is 10.7. The van der Waals surface area contributed by atoms with Crippen molar-refractivity contribution in [3.8, 4) is 0 Å². The number of anilines is 1. The van der Waals surface area contributed by atoms with Crippen LogP contribution >= 0.6 is 0 Å². The van der Waals surface area contributed by atoms with Crippen LogP contribution in [0.25, 0.3) is 0 Å². The fourth-order valence-corrected chi connectivity index (χ4v) is 1.98. The van der Waals surface area contributed by atoms with Crippen molar-refractivity contribution in [1.82, 2.24) is 10.2 Å². The zero-order chi connectivity index (χ0) is 13.7. The Morgan fingerprint density at radius 1 is 1.42 bits per heavy atom. The van der Waals surface area contributed by atoms with Crippen molar-refractivity contribution >= 4 is 11.6 Å². The van der Waals surface area contributed by atoms with Crippen LogP contribution in [0, 0.1) is 5.82 Å². The third-order valence-corrected chi connectivity index (χ3v) is 3.11. The summed E-state index contributed by atoms with van der Waals surface area (Å²) in [5.74, 6) is -0.911. The summed E-state index contributed by atoms with van der Waals surface area (Å²) in [6.07, 6.45) is 0.